The van der Waals surface area contributed by atoms with E-state index in [0.29, 0.717) is 0 Å². The van der Waals surface area contributed by atoms with Gasteiger partial charge in [0.2, 0.25) is 0 Å². The Hall–Kier alpha value is -1.06. The molecule has 1 unspecified atom stereocenters. The fourth-order valence-corrected chi connectivity index (χ4v) is 2.30. The summed E-state index contributed by atoms with van der Waals surface area (Å²) >= 11 is 0. The number of likely N-dealkylation sites (tertiary alicyclic amines) is 1. The third-order valence-corrected chi connectivity index (χ3v) is 3.61. The maximum atomic E-state index is 9.42. The lowest BCUT2D eigenvalue weighted by molar-refractivity contribution is 0.173. The van der Waals surface area contributed by atoms with E-state index in [1.54, 1.807) is 0 Å². The average Bonchev–Trinajstić information content (AvgIpc) is 2.75. The molecule has 100 valence electrons. The Morgan fingerprint density at radius 1 is 1.33 bits per heavy atom. The summed E-state index contributed by atoms with van der Waals surface area (Å²) in [5.74, 6) is 0.958. The predicted octanol–water partition coefficient (Wildman–Crippen LogP) is 2.14. The van der Waals surface area contributed by atoms with Crippen molar-refractivity contribution in [3.63, 3.8) is 0 Å². The monoisotopic (exact) mass is 249 g/mol. The van der Waals surface area contributed by atoms with Crippen molar-refractivity contribution in [2.24, 2.45) is 0 Å². The highest BCUT2D eigenvalue weighted by atomic mass is 16.5. The smallest absolute Gasteiger partial charge is 0.119 e. The molecule has 3 heteroatoms. The van der Waals surface area contributed by atoms with E-state index in [9.17, 15) is 5.11 Å². The highest BCUT2D eigenvalue weighted by molar-refractivity contribution is 5.33. The van der Waals surface area contributed by atoms with Gasteiger partial charge in [0.1, 0.15) is 5.75 Å². The van der Waals surface area contributed by atoms with Gasteiger partial charge in [-0.15, -0.1) is 0 Å². The van der Waals surface area contributed by atoms with Crippen LogP contribution in [0, 0.1) is 13.8 Å². The zero-order valence-corrected chi connectivity index (χ0v) is 11.4. The standard InChI is InChI=1S/C15H23NO2/c1-12-4-5-15(10-13(12)2)18-9-3-7-16-8-6-14(17)11-16/h4-5,10,14,17H,3,6-9,11H2,1-2H3. The van der Waals surface area contributed by atoms with Crippen molar-refractivity contribution in [1.82, 2.24) is 4.90 Å². The average molecular weight is 249 g/mol. The van der Waals surface area contributed by atoms with E-state index in [1.807, 2.05) is 6.07 Å². The Kier molecular flexibility index (Phi) is 4.61. The van der Waals surface area contributed by atoms with Crippen LogP contribution in [0.4, 0.5) is 0 Å². The SMILES string of the molecule is Cc1ccc(OCCCN2CCC(O)C2)cc1C. The minimum atomic E-state index is -0.120. The molecule has 1 saturated heterocycles. The first-order valence-corrected chi connectivity index (χ1v) is 6.75. The molecule has 0 radical (unpaired) electrons. The summed E-state index contributed by atoms with van der Waals surface area (Å²) in [7, 11) is 0. The summed E-state index contributed by atoms with van der Waals surface area (Å²) in [6.45, 7) is 7.82. The maximum absolute atomic E-state index is 9.42. The molecule has 18 heavy (non-hydrogen) atoms. The zero-order valence-electron chi connectivity index (χ0n) is 11.4. The van der Waals surface area contributed by atoms with Crippen molar-refractivity contribution < 1.29 is 9.84 Å². The second kappa shape index (κ2) is 6.21. The first-order chi connectivity index (χ1) is 8.65. The first kappa shape index (κ1) is 13.4. The van der Waals surface area contributed by atoms with Crippen LogP contribution in [0.5, 0.6) is 5.75 Å². The molecule has 0 spiro atoms. The van der Waals surface area contributed by atoms with Crippen molar-refractivity contribution in [2.75, 3.05) is 26.2 Å². The molecule has 3 nitrogen and oxygen atoms in total. The molecule has 1 heterocycles. The van der Waals surface area contributed by atoms with Crippen LogP contribution in [0.25, 0.3) is 0 Å². The third-order valence-electron chi connectivity index (χ3n) is 3.61. The van der Waals surface area contributed by atoms with Gasteiger partial charge in [-0.3, -0.25) is 0 Å². The maximum Gasteiger partial charge on any atom is 0.119 e. The molecule has 0 aromatic heterocycles. The van der Waals surface area contributed by atoms with Crippen molar-refractivity contribution in [3.05, 3.63) is 29.3 Å². The van der Waals surface area contributed by atoms with E-state index in [-0.39, 0.29) is 6.10 Å². The van der Waals surface area contributed by atoms with E-state index >= 15 is 0 Å². The summed E-state index contributed by atoms with van der Waals surface area (Å²) in [6, 6.07) is 6.22. The molecule has 0 aliphatic carbocycles. The second-order valence-electron chi connectivity index (χ2n) is 5.19. The summed E-state index contributed by atoms with van der Waals surface area (Å²) in [4.78, 5) is 2.30. The summed E-state index contributed by atoms with van der Waals surface area (Å²) in [5.41, 5.74) is 2.57. The number of rotatable bonds is 5. The molecule has 1 aliphatic rings. The molecule has 0 bridgehead atoms. The molecule has 1 aromatic carbocycles. The van der Waals surface area contributed by atoms with Gasteiger partial charge in [0, 0.05) is 19.6 Å². The fourth-order valence-electron chi connectivity index (χ4n) is 2.30. The Labute approximate surface area is 109 Å². The fraction of sp³-hybridized carbons (Fsp3) is 0.600. The first-order valence-electron chi connectivity index (χ1n) is 6.75. The minimum absolute atomic E-state index is 0.120. The number of β-amino-alcohol motifs (C(OH)–C–C–N with tert-alkyl or cyclic N) is 1. The van der Waals surface area contributed by atoms with Crippen LogP contribution in [0.2, 0.25) is 0 Å². The van der Waals surface area contributed by atoms with E-state index < -0.39 is 0 Å². The largest absolute Gasteiger partial charge is 0.494 e. The van der Waals surface area contributed by atoms with E-state index in [2.05, 4.69) is 30.9 Å². The van der Waals surface area contributed by atoms with Crippen molar-refractivity contribution in [1.29, 1.82) is 0 Å². The quantitative estimate of drug-likeness (QED) is 0.812. The van der Waals surface area contributed by atoms with Gasteiger partial charge in [0.25, 0.3) is 0 Å². The minimum Gasteiger partial charge on any atom is -0.494 e. The Morgan fingerprint density at radius 2 is 2.17 bits per heavy atom. The number of nitrogens with zero attached hydrogens (tertiary/aromatic N) is 1. The number of hydrogen-bond donors (Lipinski definition) is 1. The molecule has 1 fully saturated rings. The van der Waals surface area contributed by atoms with Crippen LogP contribution in [0.3, 0.4) is 0 Å². The van der Waals surface area contributed by atoms with Gasteiger partial charge in [-0.25, -0.2) is 0 Å². The van der Waals surface area contributed by atoms with Crippen LogP contribution in [0.1, 0.15) is 24.0 Å². The van der Waals surface area contributed by atoms with Crippen LogP contribution in [0.15, 0.2) is 18.2 Å². The summed E-state index contributed by atoms with van der Waals surface area (Å²) < 4.78 is 5.74. The van der Waals surface area contributed by atoms with Gasteiger partial charge in [-0.05, 0) is 49.9 Å². The van der Waals surface area contributed by atoms with Gasteiger partial charge in [0.05, 0.1) is 12.7 Å². The Balaban J connectivity index is 1.67. The van der Waals surface area contributed by atoms with Crippen LogP contribution in [-0.2, 0) is 0 Å². The number of ether oxygens (including phenoxy) is 1. The van der Waals surface area contributed by atoms with E-state index in [0.717, 1.165) is 44.8 Å². The molecule has 0 amide bonds. The van der Waals surface area contributed by atoms with Crippen LogP contribution >= 0.6 is 0 Å². The summed E-state index contributed by atoms with van der Waals surface area (Å²) in [5, 5.41) is 9.42. The lowest BCUT2D eigenvalue weighted by Crippen LogP contribution is -2.24. The van der Waals surface area contributed by atoms with Crippen LogP contribution < -0.4 is 4.74 Å². The molecular weight excluding hydrogens is 226 g/mol. The van der Waals surface area contributed by atoms with Gasteiger partial charge < -0.3 is 14.7 Å². The lowest BCUT2D eigenvalue weighted by atomic mass is 10.1. The van der Waals surface area contributed by atoms with Crippen LogP contribution in [-0.4, -0.2) is 42.4 Å². The van der Waals surface area contributed by atoms with Crippen molar-refractivity contribution in [3.8, 4) is 5.75 Å². The second-order valence-corrected chi connectivity index (χ2v) is 5.19. The molecule has 2 rings (SSSR count). The van der Waals surface area contributed by atoms with E-state index in [1.165, 1.54) is 11.1 Å². The number of aliphatic hydroxyl groups excluding tert-OH is 1. The molecule has 1 atom stereocenters. The zero-order chi connectivity index (χ0) is 13.0. The summed E-state index contributed by atoms with van der Waals surface area (Å²) in [6.07, 6.45) is 1.81. The molecule has 0 saturated carbocycles. The topological polar surface area (TPSA) is 32.7 Å². The van der Waals surface area contributed by atoms with Gasteiger partial charge in [0.15, 0.2) is 0 Å². The third kappa shape index (κ3) is 3.72. The number of aliphatic hydroxyl groups is 1. The van der Waals surface area contributed by atoms with Crippen molar-refractivity contribution >= 4 is 0 Å². The lowest BCUT2D eigenvalue weighted by Gasteiger charge is -2.15. The Morgan fingerprint density at radius 3 is 2.83 bits per heavy atom. The van der Waals surface area contributed by atoms with Crippen molar-refractivity contribution in [2.45, 2.75) is 32.8 Å². The predicted molar refractivity (Wildman–Crippen MR) is 73.1 cm³/mol. The number of benzene rings is 1. The van der Waals surface area contributed by atoms with Gasteiger partial charge in [-0.2, -0.15) is 0 Å². The van der Waals surface area contributed by atoms with Gasteiger partial charge in [-0.1, -0.05) is 6.07 Å². The highest BCUT2D eigenvalue weighted by Crippen LogP contribution is 2.16. The highest BCUT2D eigenvalue weighted by Gasteiger charge is 2.19. The molecule has 1 aromatic rings. The normalized spacial score (nSPS) is 20.3. The Bertz CT molecular complexity index is 392. The molecule has 1 aliphatic heterocycles. The molecular formula is C15H23NO2. The van der Waals surface area contributed by atoms with Gasteiger partial charge >= 0.3 is 0 Å². The number of aryl methyl sites for hydroxylation is 2. The molecule has 1 N–H and O–H groups in total. The number of hydrogen-bond acceptors (Lipinski definition) is 3. The van der Waals surface area contributed by atoms with E-state index in [4.69, 9.17) is 4.74 Å².